The van der Waals surface area contributed by atoms with Crippen LogP contribution in [0.15, 0.2) is 0 Å². The molecule has 13 heavy (non-hydrogen) atoms. The van der Waals surface area contributed by atoms with Crippen molar-refractivity contribution in [2.75, 3.05) is 24.6 Å². The van der Waals surface area contributed by atoms with Gasteiger partial charge in [0.1, 0.15) is 0 Å². The maximum atomic E-state index is 9.97. The van der Waals surface area contributed by atoms with Gasteiger partial charge in [0, 0.05) is 12.3 Å². The largest absolute Gasteiger partial charge is 0.388 e. The van der Waals surface area contributed by atoms with E-state index in [1.54, 1.807) is 0 Å². The van der Waals surface area contributed by atoms with Crippen molar-refractivity contribution in [3.05, 3.63) is 0 Å². The van der Waals surface area contributed by atoms with Crippen LogP contribution in [0.25, 0.3) is 0 Å². The third kappa shape index (κ3) is 4.34. The highest BCUT2D eigenvalue weighted by Gasteiger charge is 2.30. The highest BCUT2D eigenvalue weighted by molar-refractivity contribution is 7.99. The van der Waals surface area contributed by atoms with Gasteiger partial charge in [0.05, 0.1) is 5.60 Å². The molecule has 1 heterocycles. The molecule has 1 aliphatic rings. The zero-order valence-corrected chi connectivity index (χ0v) is 9.49. The van der Waals surface area contributed by atoms with Gasteiger partial charge in [0.2, 0.25) is 0 Å². The van der Waals surface area contributed by atoms with Crippen molar-refractivity contribution in [3.8, 4) is 0 Å². The Kier molecular flexibility index (Phi) is 4.56. The standard InChI is InChI=1S/C10H21NOS/c1-9(2)3-5-11-7-10(12)4-6-13-8-10/h9,11-12H,3-8H2,1-2H3. The molecule has 0 amide bonds. The van der Waals surface area contributed by atoms with Crippen LogP contribution in [-0.4, -0.2) is 35.3 Å². The Labute approximate surface area is 85.5 Å². The van der Waals surface area contributed by atoms with E-state index in [0.717, 1.165) is 36.9 Å². The number of rotatable bonds is 5. The number of aliphatic hydroxyl groups is 1. The molecule has 0 spiro atoms. The zero-order chi connectivity index (χ0) is 9.73. The van der Waals surface area contributed by atoms with Crippen LogP contribution >= 0.6 is 11.8 Å². The van der Waals surface area contributed by atoms with E-state index >= 15 is 0 Å². The van der Waals surface area contributed by atoms with Crippen LogP contribution in [0.3, 0.4) is 0 Å². The smallest absolute Gasteiger partial charge is 0.0869 e. The van der Waals surface area contributed by atoms with Crippen molar-refractivity contribution in [2.45, 2.75) is 32.3 Å². The molecule has 0 aromatic heterocycles. The van der Waals surface area contributed by atoms with E-state index in [9.17, 15) is 5.11 Å². The van der Waals surface area contributed by atoms with E-state index in [4.69, 9.17) is 0 Å². The monoisotopic (exact) mass is 203 g/mol. The van der Waals surface area contributed by atoms with Crippen molar-refractivity contribution >= 4 is 11.8 Å². The average Bonchev–Trinajstić information content (AvgIpc) is 2.47. The minimum atomic E-state index is -0.415. The van der Waals surface area contributed by atoms with Gasteiger partial charge in [0.15, 0.2) is 0 Å². The molecule has 78 valence electrons. The van der Waals surface area contributed by atoms with Crippen LogP contribution < -0.4 is 5.32 Å². The zero-order valence-electron chi connectivity index (χ0n) is 8.68. The topological polar surface area (TPSA) is 32.3 Å². The molecule has 0 bridgehead atoms. The Balaban J connectivity index is 2.04. The van der Waals surface area contributed by atoms with Crippen molar-refractivity contribution in [1.82, 2.24) is 5.32 Å². The summed E-state index contributed by atoms with van der Waals surface area (Å²) in [5.74, 6) is 2.77. The van der Waals surface area contributed by atoms with Crippen molar-refractivity contribution in [3.63, 3.8) is 0 Å². The lowest BCUT2D eigenvalue weighted by Crippen LogP contribution is -2.41. The molecule has 1 unspecified atom stereocenters. The van der Waals surface area contributed by atoms with Crippen LogP contribution in [0.2, 0.25) is 0 Å². The lowest BCUT2D eigenvalue weighted by Gasteiger charge is -2.21. The molecule has 1 rings (SSSR count). The summed E-state index contributed by atoms with van der Waals surface area (Å²) in [6, 6.07) is 0. The summed E-state index contributed by atoms with van der Waals surface area (Å²) in [5.41, 5.74) is -0.415. The van der Waals surface area contributed by atoms with Gasteiger partial charge in [0.25, 0.3) is 0 Å². The molecule has 2 nitrogen and oxygen atoms in total. The molecule has 0 aliphatic carbocycles. The summed E-state index contributed by atoms with van der Waals surface area (Å²) >= 11 is 1.86. The lowest BCUT2D eigenvalue weighted by atomic mass is 10.0. The fraction of sp³-hybridized carbons (Fsp3) is 1.00. The van der Waals surface area contributed by atoms with Gasteiger partial charge >= 0.3 is 0 Å². The Morgan fingerprint density at radius 1 is 1.54 bits per heavy atom. The summed E-state index contributed by atoms with van der Waals surface area (Å²) in [7, 11) is 0. The summed E-state index contributed by atoms with van der Waals surface area (Å²) in [6.07, 6.45) is 2.15. The highest BCUT2D eigenvalue weighted by Crippen LogP contribution is 2.26. The van der Waals surface area contributed by atoms with Crippen molar-refractivity contribution in [1.29, 1.82) is 0 Å². The number of thioether (sulfide) groups is 1. The molecule has 1 saturated heterocycles. The number of nitrogens with one attached hydrogen (secondary N) is 1. The molecular weight excluding hydrogens is 182 g/mol. The Hall–Kier alpha value is 0.270. The van der Waals surface area contributed by atoms with Gasteiger partial charge in [-0.3, -0.25) is 0 Å². The van der Waals surface area contributed by atoms with E-state index in [1.807, 2.05) is 11.8 Å². The molecule has 0 aromatic rings. The first-order valence-electron chi connectivity index (χ1n) is 5.13. The van der Waals surface area contributed by atoms with Crippen LogP contribution in [0, 0.1) is 5.92 Å². The van der Waals surface area contributed by atoms with Crippen LogP contribution in [0.5, 0.6) is 0 Å². The number of hydrogen-bond acceptors (Lipinski definition) is 3. The van der Waals surface area contributed by atoms with E-state index in [1.165, 1.54) is 6.42 Å². The molecular formula is C10H21NOS. The second kappa shape index (κ2) is 5.23. The summed E-state index contributed by atoms with van der Waals surface area (Å²) in [5, 5.41) is 13.3. The van der Waals surface area contributed by atoms with E-state index < -0.39 is 5.60 Å². The van der Waals surface area contributed by atoms with Gasteiger partial charge in [-0.25, -0.2) is 0 Å². The predicted octanol–water partition coefficient (Wildman–Crippen LogP) is 1.49. The molecule has 0 radical (unpaired) electrons. The third-order valence-electron chi connectivity index (χ3n) is 2.44. The SMILES string of the molecule is CC(C)CCNCC1(O)CCSC1. The van der Waals surface area contributed by atoms with E-state index in [2.05, 4.69) is 19.2 Å². The van der Waals surface area contributed by atoms with Gasteiger partial charge in [-0.1, -0.05) is 13.8 Å². The van der Waals surface area contributed by atoms with Crippen molar-refractivity contribution < 1.29 is 5.11 Å². The van der Waals surface area contributed by atoms with Gasteiger partial charge in [-0.2, -0.15) is 11.8 Å². The second-order valence-electron chi connectivity index (χ2n) is 4.39. The molecule has 1 fully saturated rings. The van der Waals surface area contributed by atoms with Crippen molar-refractivity contribution in [2.24, 2.45) is 5.92 Å². The average molecular weight is 203 g/mol. The molecule has 1 atom stereocenters. The van der Waals surface area contributed by atoms with Crippen LogP contribution in [0.1, 0.15) is 26.7 Å². The maximum Gasteiger partial charge on any atom is 0.0869 e. The van der Waals surface area contributed by atoms with Crippen LogP contribution in [0.4, 0.5) is 0 Å². The Morgan fingerprint density at radius 3 is 2.85 bits per heavy atom. The molecule has 1 aliphatic heterocycles. The maximum absolute atomic E-state index is 9.97. The Bertz CT molecular complexity index is 144. The summed E-state index contributed by atoms with van der Waals surface area (Å²) in [4.78, 5) is 0. The quantitative estimate of drug-likeness (QED) is 0.664. The summed E-state index contributed by atoms with van der Waals surface area (Å²) < 4.78 is 0. The molecule has 0 aromatic carbocycles. The normalized spacial score (nSPS) is 28.6. The molecule has 0 saturated carbocycles. The predicted molar refractivity (Wildman–Crippen MR) is 59.2 cm³/mol. The van der Waals surface area contributed by atoms with E-state index in [0.29, 0.717) is 0 Å². The molecule has 3 heteroatoms. The van der Waals surface area contributed by atoms with Gasteiger partial charge in [-0.15, -0.1) is 0 Å². The fourth-order valence-corrected chi connectivity index (χ4v) is 2.74. The first-order valence-corrected chi connectivity index (χ1v) is 6.29. The molecule has 2 N–H and O–H groups in total. The number of hydrogen-bond donors (Lipinski definition) is 2. The van der Waals surface area contributed by atoms with Gasteiger partial charge in [-0.05, 0) is 31.1 Å². The highest BCUT2D eigenvalue weighted by atomic mass is 32.2. The first-order chi connectivity index (χ1) is 6.12. The van der Waals surface area contributed by atoms with Crippen LogP contribution in [-0.2, 0) is 0 Å². The summed E-state index contributed by atoms with van der Waals surface area (Å²) in [6.45, 7) is 6.25. The van der Waals surface area contributed by atoms with Gasteiger partial charge < -0.3 is 10.4 Å². The minimum Gasteiger partial charge on any atom is -0.388 e. The second-order valence-corrected chi connectivity index (χ2v) is 5.49. The Morgan fingerprint density at radius 2 is 2.31 bits per heavy atom. The lowest BCUT2D eigenvalue weighted by molar-refractivity contribution is 0.0676. The third-order valence-corrected chi connectivity index (χ3v) is 3.67. The first kappa shape index (κ1) is 11.3. The van der Waals surface area contributed by atoms with E-state index in [-0.39, 0.29) is 0 Å². The fourth-order valence-electron chi connectivity index (χ4n) is 1.45. The minimum absolute atomic E-state index is 0.415.